The van der Waals surface area contributed by atoms with E-state index in [4.69, 9.17) is 58.0 Å². The Balaban J connectivity index is 2.14. The molecular weight excluding hydrogens is 335 g/mol. The normalized spacial score (nSPS) is 37.4. The van der Waals surface area contributed by atoms with Gasteiger partial charge in [0.05, 0.1) is 5.03 Å². The van der Waals surface area contributed by atoms with Gasteiger partial charge in [-0.2, -0.15) is 0 Å². The minimum Gasteiger partial charge on any atom is -0.261 e. The highest BCUT2D eigenvalue weighted by Gasteiger charge is 2.71. The summed E-state index contributed by atoms with van der Waals surface area (Å²) in [5.41, 5.74) is 0.836. The molecule has 2 bridgehead atoms. The zero-order valence-corrected chi connectivity index (χ0v) is 12.8. The van der Waals surface area contributed by atoms with E-state index in [1.54, 1.807) is 6.20 Å². The van der Waals surface area contributed by atoms with E-state index in [0.717, 1.165) is 5.69 Å². The summed E-state index contributed by atoms with van der Waals surface area (Å²) >= 11 is 31.9. The second-order valence-electron chi connectivity index (χ2n) is 4.59. The number of rotatable bonds is 1. The molecule has 3 rings (SSSR count). The van der Waals surface area contributed by atoms with Crippen LogP contribution in [0.5, 0.6) is 0 Å². The number of pyridine rings is 1. The number of aromatic nitrogens is 1. The fourth-order valence-corrected chi connectivity index (χ4v) is 5.18. The molecule has 0 aliphatic heterocycles. The third kappa shape index (κ3) is 1.46. The molecule has 1 aromatic heterocycles. The molecule has 1 heterocycles. The van der Waals surface area contributed by atoms with Crippen molar-refractivity contribution in [2.75, 3.05) is 0 Å². The van der Waals surface area contributed by atoms with Gasteiger partial charge >= 0.3 is 0 Å². The third-order valence-corrected chi connectivity index (χ3v) is 6.97. The monoisotopic (exact) mass is 341 g/mol. The van der Waals surface area contributed by atoms with Gasteiger partial charge in [0.15, 0.2) is 4.33 Å². The molecule has 1 saturated carbocycles. The fraction of sp³-hybridized carbons (Fsp3) is 0.417. The largest absolute Gasteiger partial charge is 0.261 e. The minimum atomic E-state index is -1.19. The fourth-order valence-electron chi connectivity index (χ4n) is 2.83. The SMILES string of the molecule is ClC1=C(Cl)C2(Cl)C(c3ccccn3)CC1C2(Cl)Cl. The molecule has 2 aliphatic rings. The Kier molecular flexibility index (Phi) is 3.08. The van der Waals surface area contributed by atoms with Gasteiger partial charge in [-0.15, -0.1) is 11.6 Å². The van der Waals surface area contributed by atoms with Crippen molar-refractivity contribution in [3.05, 3.63) is 40.2 Å². The topological polar surface area (TPSA) is 12.9 Å². The van der Waals surface area contributed by atoms with Crippen LogP contribution >= 0.6 is 58.0 Å². The standard InChI is InChI=1S/C12H8Cl5N/c13-9-7-5-6(8-3-1-2-4-18-8)11(15,10(9)14)12(7,16)17/h1-4,6-7H,5H2. The molecular formula is C12H8Cl5N. The number of fused-ring (bicyclic) bond motifs is 2. The summed E-state index contributed by atoms with van der Waals surface area (Å²) in [6, 6.07) is 5.64. The van der Waals surface area contributed by atoms with Gasteiger partial charge in [-0.1, -0.05) is 52.5 Å². The summed E-state index contributed by atoms with van der Waals surface area (Å²) in [6.45, 7) is 0. The maximum atomic E-state index is 6.66. The van der Waals surface area contributed by atoms with Crippen molar-refractivity contribution >= 4 is 58.0 Å². The van der Waals surface area contributed by atoms with E-state index in [9.17, 15) is 0 Å². The summed E-state index contributed by atoms with van der Waals surface area (Å²) < 4.78 is -1.19. The lowest BCUT2D eigenvalue weighted by atomic mass is 9.89. The van der Waals surface area contributed by atoms with Crippen molar-refractivity contribution in [2.45, 2.75) is 21.5 Å². The molecule has 0 radical (unpaired) electrons. The van der Waals surface area contributed by atoms with Crippen LogP contribution in [-0.2, 0) is 0 Å². The molecule has 3 unspecified atom stereocenters. The van der Waals surface area contributed by atoms with E-state index in [0.29, 0.717) is 16.5 Å². The lowest BCUT2D eigenvalue weighted by Crippen LogP contribution is -2.39. The second kappa shape index (κ2) is 4.17. The molecule has 1 fully saturated rings. The summed E-state index contributed by atoms with van der Waals surface area (Å²) in [5, 5.41) is 0.826. The Hall–Kier alpha value is 0.340. The van der Waals surface area contributed by atoms with Crippen molar-refractivity contribution in [2.24, 2.45) is 5.92 Å². The molecule has 0 spiro atoms. The lowest BCUT2D eigenvalue weighted by Gasteiger charge is -2.33. The van der Waals surface area contributed by atoms with Crippen LogP contribution in [0.1, 0.15) is 18.0 Å². The van der Waals surface area contributed by atoms with E-state index in [2.05, 4.69) is 4.98 Å². The average molecular weight is 343 g/mol. The van der Waals surface area contributed by atoms with Gasteiger partial charge in [0.25, 0.3) is 0 Å². The highest BCUT2D eigenvalue weighted by Crippen LogP contribution is 2.72. The molecule has 0 saturated heterocycles. The zero-order valence-electron chi connectivity index (χ0n) is 9.01. The van der Waals surface area contributed by atoms with E-state index in [1.165, 1.54) is 0 Å². The summed E-state index contributed by atoms with van der Waals surface area (Å²) in [7, 11) is 0. The molecule has 1 aromatic rings. The van der Waals surface area contributed by atoms with Crippen molar-refractivity contribution in [1.82, 2.24) is 4.98 Å². The number of hydrogen-bond acceptors (Lipinski definition) is 1. The van der Waals surface area contributed by atoms with Gasteiger partial charge < -0.3 is 0 Å². The number of alkyl halides is 3. The third-order valence-electron chi connectivity index (χ3n) is 3.75. The highest BCUT2D eigenvalue weighted by molar-refractivity contribution is 6.60. The van der Waals surface area contributed by atoms with Gasteiger partial charge in [-0.25, -0.2) is 0 Å². The molecule has 1 nitrogen and oxygen atoms in total. The summed E-state index contributed by atoms with van der Waals surface area (Å²) in [6.07, 6.45) is 2.37. The van der Waals surface area contributed by atoms with Crippen molar-refractivity contribution in [3.63, 3.8) is 0 Å². The van der Waals surface area contributed by atoms with Crippen LogP contribution in [0.2, 0.25) is 0 Å². The van der Waals surface area contributed by atoms with Crippen LogP contribution in [0.3, 0.4) is 0 Å². The lowest BCUT2D eigenvalue weighted by molar-refractivity contribution is 0.583. The number of hydrogen-bond donors (Lipinski definition) is 0. The smallest absolute Gasteiger partial charge is 0.150 e. The Labute approximate surface area is 130 Å². The first-order chi connectivity index (χ1) is 8.40. The first-order valence-electron chi connectivity index (χ1n) is 5.44. The number of nitrogens with zero attached hydrogens (tertiary/aromatic N) is 1. The first kappa shape index (κ1) is 13.3. The van der Waals surface area contributed by atoms with Crippen LogP contribution in [0, 0.1) is 5.92 Å². The van der Waals surface area contributed by atoms with Crippen LogP contribution in [0.25, 0.3) is 0 Å². The maximum Gasteiger partial charge on any atom is 0.150 e. The molecule has 0 amide bonds. The van der Waals surface area contributed by atoms with Gasteiger partial charge in [0.1, 0.15) is 4.87 Å². The quantitative estimate of drug-likeness (QED) is 0.651. The van der Waals surface area contributed by atoms with Crippen LogP contribution in [0.15, 0.2) is 34.5 Å². The summed E-state index contributed by atoms with van der Waals surface area (Å²) in [5.74, 6) is -0.366. The molecule has 96 valence electrons. The Morgan fingerprint density at radius 3 is 2.33 bits per heavy atom. The first-order valence-corrected chi connectivity index (χ1v) is 7.33. The van der Waals surface area contributed by atoms with E-state index in [-0.39, 0.29) is 11.8 Å². The molecule has 0 aromatic carbocycles. The van der Waals surface area contributed by atoms with Gasteiger partial charge in [0, 0.05) is 28.8 Å². The maximum absolute atomic E-state index is 6.66. The highest BCUT2D eigenvalue weighted by atomic mass is 35.5. The van der Waals surface area contributed by atoms with E-state index < -0.39 is 9.21 Å². The van der Waals surface area contributed by atoms with E-state index in [1.807, 2.05) is 18.2 Å². The van der Waals surface area contributed by atoms with Crippen LogP contribution in [-0.4, -0.2) is 14.2 Å². The summed E-state index contributed by atoms with van der Waals surface area (Å²) in [4.78, 5) is 3.23. The van der Waals surface area contributed by atoms with Crippen molar-refractivity contribution in [3.8, 4) is 0 Å². The van der Waals surface area contributed by atoms with Gasteiger partial charge in [-0.05, 0) is 18.6 Å². The Morgan fingerprint density at radius 2 is 1.83 bits per heavy atom. The predicted octanol–water partition coefficient (Wildman–Crippen LogP) is 5.04. The van der Waals surface area contributed by atoms with Gasteiger partial charge in [-0.3, -0.25) is 4.98 Å². The van der Waals surface area contributed by atoms with Gasteiger partial charge in [0.2, 0.25) is 0 Å². The zero-order chi connectivity index (χ0) is 13.1. The average Bonchev–Trinajstić information content (AvgIpc) is 2.63. The van der Waals surface area contributed by atoms with Crippen LogP contribution < -0.4 is 0 Å². The predicted molar refractivity (Wildman–Crippen MR) is 76.8 cm³/mol. The van der Waals surface area contributed by atoms with Crippen LogP contribution in [0.4, 0.5) is 0 Å². The molecule has 6 heteroatoms. The minimum absolute atomic E-state index is 0.129. The molecule has 0 N–H and O–H groups in total. The molecule has 3 atom stereocenters. The molecule has 2 aliphatic carbocycles. The van der Waals surface area contributed by atoms with E-state index >= 15 is 0 Å². The Bertz CT molecular complexity index is 527. The second-order valence-corrected chi connectivity index (χ2v) is 7.36. The van der Waals surface area contributed by atoms with Crippen molar-refractivity contribution in [1.29, 1.82) is 0 Å². The van der Waals surface area contributed by atoms with Crippen molar-refractivity contribution < 1.29 is 0 Å². The number of allylic oxidation sites excluding steroid dienone is 2. The molecule has 18 heavy (non-hydrogen) atoms. The Morgan fingerprint density at radius 1 is 1.11 bits per heavy atom. The number of halogens is 5.